The molecule has 6 rings (SSSR count). The highest BCUT2D eigenvalue weighted by atomic mass is 127. The van der Waals surface area contributed by atoms with Gasteiger partial charge in [-0.05, 0) is 81.5 Å². The second kappa shape index (κ2) is 19.5. The Hall–Kier alpha value is -4.26. The monoisotopic (exact) mass is 1300 g/mol. The molecule has 0 saturated heterocycles. The molecule has 0 atom stereocenters. The molecule has 3 N–H and O–H groups in total. The first-order valence-corrected chi connectivity index (χ1v) is 25.4. The molecule has 0 heterocycles. The van der Waals surface area contributed by atoms with E-state index in [2.05, 4.69) is 0 Å². The highest BCUT2D eigenvalue weighted by molar-refractivity contribution is 14.2. The van der Waals surface area contributed by atoms with E-state index in [-0.39, 0.29) is 41.0 Å². The second-order valence-electron chi connectivity index (χ2n) is 12.0. The topological polar surface area (TPSA) is 214 Å². The van der Waals surface area contributed by atoms with Crippen molar-refractivity contribution in [1.29, 1.82) is 0 Å². The number of alkyl halides is 9. The molecule has 0 fully saturated rings. The molecule has 0 aliphatic heterocycles. The summed E-state index contributed by atoms with van der Waals surface area (Å²) in [5.41, 5.74) is -6.61. The smallest absolute Gasteiger partial charge is 0.417 e. The third-order valence-electron chi connectivity index (χ3n) is 8.22. The quantitative estimate of drug-likeness (QED) is 0.0807. The van der Waals surface area contributed by atoms with Gasteiger partial charge in [-0.15, -0.1) is 0 Å². The van der Waals surface area contributed by atoms with Crippen molar-refractivity contribution in [2.45, 2.75) is 18.5 Å². The van der Waals surface area contributed by atoms with Crippen LogP contribution in [0, 0.1) is 10.7 Å². The second-order valence-corrected chi connectivity index (χ2v) is 20.4. The Labute approximate surface area is 379 Å². The minimum atomic E-state index is -5.42. The molecular formula is C36H15Cl3F9I3O12. The van der Waals surface area contributed by atoms with Gasteiger partial charge in [-0.3, -0.25) is 0 Å². The molecule has 0 aliphatic rings. The van der Waals surface area contributed by atoms with Crippen molar-refractivity contribution in [2.24, 2.45) is 0 Å². The summed E-state index contributed by atoms with van der Waals surface area (Å²) in [5.74, 6) is -4.53. The fraction of sp³-hybridized carbons (Fsp3) is 0.0833. The predicted molar refractivity (Wildman–Crippen MR) is 225 cm³/mol. The number of hydrogen-bond acceptors (Lipinski definition) is 9. The molecule has 0 amide bonds. The van der Waals surface area contributed by atoms with Crippen LogP contribution in [-0.4, -0.2) is 33.2 Å². The minimum Gasteiger partial charge on any atom is -0.478 e. The molecule has 6 aromatic rings. The molecule has 0 saturated carbocycles. The van der Waals surface area contributed by atoms with Crippen molar-refractivity contribution in [1.82, 2.24) is 0 Å². The standard InChI is InChI=1S/C13H5F6IO4.C12H6F3IO4.C11H4Cl3IO4/c14-12(15,16)8-2-1-5-3-7(11(21)22)9(20(23)24)4-6(5)10(8)13(17,18)19;13-12(14,15)9-3-1-2-6-4-8(11(17)18)10(16(19)20)5-7(6)9;12-7-2-4-1-6(11(16)17)8(15(18)19)3-5(4)9(13)10(7)14/h1-4H,(H,21,22);1-5H,(H,17,18);1-3H,(H,16,17). The number of benzene rings is 6. The summed E-state index contributed by atoms with van der Waals surface area (Å²) in [6.07, 6.45) is -15.4. The fourth-order valence-electron chi connectivity index (χ4n) is 5.63. The van der Waals surface area contributed by atoms with Gasteiger partial charge >= 0.3 is 95.8 Å². The lowest BCUT2D eigenvalue weighted by atomic mass is 9.96. The van der Waals surface area contributed by atoms with E-state index in [1.807, 2.05) is 0 Å². The lowest BCUT2D eigenvalue weighted by Crippen LogP contribution is -2.17. The number of hydrogen-bond donors (Lipinski definition) is 3. The van der Waals surface area contributed by atoms with Crippen molar-refractivity contribution in [2.75, 3.05) is 0 Å². The van der Waals surface area contributed by atoms with Crippen LogP contribution in [0.4, 0.5) is 39.5 Å². The van der Waals surface area contributed by atoms with E-state index in [9.17, 15) is 72.3 Å². The van der Waals surface area contributed by atoms with E-state index in [1.54, 1.807) is 0 Å². The van der Waals surface area contributed by atoms with Gasteiger partial charge in [-0.1, -0.05) is 53.0 Å². The normalized spacial score (nSPS) is 12.0. The van der Waals surface area contributed by atoms with Crippen LogP contribution in [0.15, 0.2) is 72.8 Å². The van der Waals surface area contributed by atoms with Gasteiger partial charge in [0, 0.05) is 5.39 Å². The maximum Gasteiger partial charge on any atom is 0.417 e. The zero-order valence-electron chi connectivity index (χ0n) is 29.6. The average Bonchev–Trinajstić information content (AvgIpc) is 3.16. The van der Waals surface area contributed by atoms with Crippen LogP contribution in [0.25, 0.3) is 32.3 Å². The van der Waals surface area contributed by atoms with E-state index in [1.165, 1.54) is 24.3 Å². The zero-order valence-corrected chi connectivity index (χ0v) is 38.4. The minimum absolute atomic E-state index is 0.0266. The molecule has 27 heteroatoms. The Bertz CT molecular complexity index is 3120. The van der Waals surface area contributed by atoms with E-state index < -0.39 is 142 Å². The highest BCUT2D eigenvalue weighted by Crippen LogP contribution is 2.45. The maximum atomic E-state index is 13.1. The van der Waals surface area contributed by atoms with Gasteiger partial charge in [0.2, 0.25) is 0 Å². The summed E-state index contributed by atoms with van der Waals surface area (Å²) < 4.78 is 182. The summed E-state index contributed by atoms with van der Waals surface area (Å²) in [6.45, 7) is 0. The van der Waals surface area contributed by atoms with E-state index in [4.69, 9.17) is 50.1 Å². The molecule has 6 aromatic carbocycles. The summed E-state index contributed by atoms with van der Waals surface area (Å²) in [7, 11) is 0. The lowest BCUT2D eigenvalue weighted by molar-refractivity contribution is -0.161. The third-order valence-corrected chi connectivity index (χ3v) is 15.0. The molecular weight excluding hydrogens is 1280 g/mol. The van der Waals surface area contributed by atoms with Gasteiger partial charge in [0.25, 0.3) is 0 Å². The first kappa shape index (κ1) is 51.4. The summed E-state index contributed by atoms with van der Waals surface area (Å²) in [5, 5.41) is 26.2. The van der Waals surface area contributed by atoms with Crippen LogP contribution in [0.5, 0.6) is 0 Å². The number of rotatable bonds is 6. The Morgan fingerprint density at radius 2 is 0.841 bits per heavy atom. The van der Waals surface area contributed by atoms with E-state index in [0.717, 1.165) is 24.3 Å². The van der Waals surface area contributed by atoms with Gasteiger partial charge in [0.15, 0.2) is 0 Å². The molecule has 0 unspecified atom stereocenters. The number of carbonyl (C=O) groups is 3. The predicted octanol–water partition coefficient (Wildman–Crippen LogP) is 13.7. The number of fused-ring (bicyclic) bond motifs is 3. The van der Waals surface area contributed by atoms with Gasteiger partial charge < -0.3 is 15.3 Å². The van der Waals surface area contributed by atoms with Crippen LogP contribution in [0.1, 0.15) is 47.8 Å². The number of carboxylic acid groups (broad SMARTS) is 3. The van der Waals surface area contributed by atoms with Crippen LogP contribution in [0.3, 0.4) is 0 Å². The van der Waals surface area contributed by atoms with Crippen molar-refractivity contribution in [3.8, 4) is 0 Å². The van der Waals surface area contributed by atoms with Crippen LogP contribution in [-0.2, 0) is 36.9 Å². The molecule has 12 nitrogen and oxygen atoms in total. The molecule has 336 valence electrons. The van der Waals surface area contributed by atoms with Gasteiger partial charge in [-0.2, -0.15) is 39.5 Å². The van der Waals surface area contributed by atoms with Gasteiger partial charge in [0.1, 0.15) is 0 Å². The van der Waals surface area contributed by atoms with Gasteiger partial charge in [0.05, 0.1) is 59.2 Å². The first-order chi connectivity index (χ1) is 28.9. The van der Waals surface area contributed by atoms with Gasteiger partial charge in [-0.25, -0.2) is 32.8 Å². The summed E-state index contributed by atoms with van der Waals surface area (Å²) in [4.78, 5) is 33.1. The lowest BCUT2D eigenvalue weighted by Gasteiger charge is -2.18. The third kappa shape index (κ3) is 11.5. The largest absolute Gasteiger partial charge is 0.478 e. The van der Waals surface area contributed by atoms with Crippen molar-refractivity contribution >= 4 is 144 Å². The molecule has 0 spiro atoms. The Kier molecular flexibility index (Phi) is 15.9. The maximum absolute atomic E-state index is 13.1. The molecule has 0 bridgehead atoms. The van der Waals surface area contributed by atoms with Crippen molar-refractivity contribution in [3.05, 3.63) is 132 Å². The Balaban J connectivity index is 0.000000209. The first-order valence-electron chi connectivity index (χ1n) is 15.7. The summed E-state index contributed by atoms with van der Waals surface area (Å²) in [6, 6.07) is 10.7. The van der Waals surface area contributed by atoms with Crippen LogP contribution < -0.4 is 0 Å². The van der Waals surface area contributed by atoms with E-state index >= 15 is 0 Å². The zero-order chi connectivity index (χ0) is 47.8. The molecule has 0 aliphatic carbocycles. The van der Waals surface area contributed by atoms with E-state index in [0.29, 0.717) is 29.0 Å². The number of halogens is 15. The fourth-order valence-corrected chi connectivity index (χ4v) is 10.6. The van der Waals surface area contributed by atoms with Crippen LogP contribution in [0.2, 0.25) is 15.1 Å². The summed E-state index contributed by atoms with van der Waals surface area (Å²) >= 11 is 4.93. The molecule has 0 radical (unpaired) electrons. The van der Waals surface area contributed by atoms with Crippen molar-refractivity contribution < 1.29 is 87.6 Å². The molecule has 0 aromatic heterocycles. The SMILES string of the molecule is O=C(O)c1cc2cc(Cl)c(Cl)c(Cl)c2cc1I(=O)=O.O=C(O)c1cc2ccc(C(F)(F)F)c(C(F)(F)F)c2cc1I(=O)=O.O=C(O)c1cc2cccc(C(F)(F)F)c2cc1I(=O)=O. The Morgan fingerprint density at radius 1 is 0.444 bits per heavy atom. The molecule has 63 heavy (non-hydrogen) atoms. The average molecular weight is 1300 g/mol. The van der Waals surface area contributed by atoms with Crippen LogP contribution >= 0.6 is 94.2 Å². The number of carboxylic acids is 3. The number of aromatic carboxylic acids is 3. The Morgan fingerprint density at radius 3 is 1.24 bits per heavy atom. The van der Waals surface area contributed by atoms with Crippen molar-refractivity contribution in [3.63, 3.8) is 0 Å². The highest BCUT2D eigenvalue weighted by Gasteiger charge is 2.44.